The molecule has 8 heteroatoms. The number of hydrogen-bond donors (Lipinski definition) is 5. The van der Waals surface area contributed by atoms with Crippen molar-refractivity contribution in [3.63, 3.8) is 0 Å². The van der Waals surface area contributed by atoms with Crippen LogP contribution in [0.2, 0.25) is 0 Å². The summed E-state index contributed by atoms with van der Waals surface area (Å²) in [5.41, 5.74) is 0. The van der Waals surface area contributed by atoms with E-state index in [2.05, 4.69) is 6.92 Å². The Kier molecular flexibility index (Phi) is 30.9. The van der Waals surface area contributed by atoms with Gasteiger partial charge in [0.25, 0.3) is 11.9 Å². The van der Waals surface area contributed by atoms with Crippen LogP contribution in [0.1, 0.15) is 124 Å². The number of unbranched alkanes of at least 4 members (excludes halogenated alkanes) is 13. The normalized spacial score (nSPS) is 11.9. The van der Waals surface area contributed by atoms with Crippen LogP contribution >= 0.6 is 0 Å². The number of aliphatic hydroxyl groups excluding tert-OH is 2. The largest absolute Gasteiger partial charge is 0.481 e. The van der Waals surface area contributed by atoms with Crippen molar-refractivity contribution in [2.45, 2.75) is 130 Å². The average Bonchev–Trinajstić information content (AvgIpc) is 2.72. The fourth-order valence-electron chi connectivity index (χ4n) is 3.33. The van der Waals surface area contributed by atoms with Gasteiger partial charge in [-0.2, -0.15) is 0 Å². The summed E-state index contributed by atoms with van der Waals surface area (Å²) in [4.78, 5) is 29.1. The zero-order valence-electron chi connectivity index (χ0n) is 21.1. The van der Waals surface area contributed by atoms with Crippen molar-refractivity contribution in [2.24, 2.45) is 5.92 Å². The monoisotopic (exact) mass is 478 g/mol. The molecule has 0 aliphatic rings. The highest BCUT2D eigenvalue weighted by Gasteiger charge is 2.20. The zero-order chi connectivity index (χ0) is 25.9. The Balaban J connectivity index is -0.000000962. The second-order valence-electron chi connectivity index (χ2n) is 8.53. The third-order valence-corrected chi connectivity index (χ3v) is 5.02. The van der Waals surface area contributed by atoms with Crippen LogP contribution in [-0.4, -0.2) is 56.2 Å². The lowest BCUT2D eigenvalue weighted by Crippen LogP contribution is -2.23. The van der Waals surface area contributed by atoms with Crippen LogP contribution in [0.3, 0.4) is 0 Å². The summed E-state index contributed by atoms with van der Waals surface area (Å²) in [6.07, 6.45) is 17.9. The molecule has 0 radical (unpaired) electrons. The summed E-state index contributed by atoms with van der Waals surface area (Å²) < 4.78 is 0. The molecule has 0 rings (SSSR count). The van der Waals surface area contributed by atoms with E-state index in [1.165, 1.54) is 77.0 Å². The number of aliphatic carboxylic acids is 3. The Morgan fingerprint density at radius 1 is 0.636 bits per heavy atom. The minimum absolute atomic E-state index is 0.157. The number of hydrogen-bond acceptors (Lipinski definition) is 5. The van der Waals surface area contributed by atoms with Gasteiger partial charge in [0.15, 0.2) is 0 Å². The molecule has 0 aromatic carbocycles. The smallest absolute Gasteiger partial charge is 0.306 e. The molecule has 0 saturated carbocycles. The first-order valence-electron chi connectivity index (χ1n) is 12.5. The molecule has 0 bridgehead atoms. The third kappa shape index (κ3) is 41.1. The van der Waals surface area contributed by atoms with Gasteiger partial charge in [-0.1, -0.05) is 96.8 Å². The highest BCUT2D eigenvalue weighted by molar-refractivity contribution is 5.69. The minimum Gasteiger partial charge on any atom is -0.481 e. The molecular weight excluding hydrogens is 428 g/mol. The van der Waals surface area contributed by atoms with E-state index in [0.717, 1.165) is 26.7 Å². The van der Waals surface area contributed by atoms with Crippen LogP contribution in [0.25, 0.3) is 0 Å². The summed E-state index contributed by atoms with van der Waals surface area (Å²) in [6.45, 7) is 4.06. The third-order valence-electron chi connectivity index (χ3n) is 5.02. The van der Waals surface area contributed by atoms with Gasteiger partial charge in [-0.25, -0.2) is 0 Å². The lowest BCUT2D eigenvalue weighted by Gasteiger charge is -2.15. The van der Waals surface area contributed by atoms with Gasteiger partial charge in [0, 0.05) is 13.8 Å². The lowest BCUT2D eigenvalue weighted by atomic mass is 9.94. The summed E-state index contributed by atoms with van der Waals surface area (Å²) in [5, 5.41) is 42.2. The van der Waals surface area contributed by atoms with Gasteiger partial charge in [-0.05, 0) is 12.8 Å². The number of carbonyl (C=O) groups is 3. The van der Waals surface area contributed by atoms with Crippen molar-refractivity contribution in [1.82, 2.24) is 0 Å². The van der Waals surface area contributed by atoms with E-state index < -0.39 is 29.9 Å². The van der Waals surface area contributed by atoms with Crippen molar-refractivity contribution in [3.8, 4) is 0 Å². The van der Waals surface area contributed by atoms with Gasteiger partial charge in [0.1, 0.15) is 0 Å². The molecular formula is C25H50O8. The number of rotatable bonds is 19. The first-order chi connectivity index (χ1) is 15.6. The van der Waals surface area contributed by atoms with Gasteiger partial charge < -0.3 is 25.5 Å². The zero-order valence-corrected chi connectivity index (χ0v) is 21.1. The first-order valence-corrected chi connectivity index (χ1v) is 12.5. The molecule has 0 aromatic rings. The van der Waals surface area contributed by atoms with E-state index in [4.69, 9.17) is 30.0 Å². The van der Waals surface area contributed by atoms with Gasteiger partial charge >= 0.3 is 5.97 Å². The predicted octanol–water partition coefficient (Wildman–Crippen LogP) is 5.48. The van der Waals surface area contributed by atoms with E-state index in [0.29, 0.717) is 6.42 Å². The molecule has 0 spiro atoms. The predicted molar refractivity (Wildman–Crippen MR) is 130 cm³/mol. The standard InChI is InChI=1S/C21H42O4.2C2H4O2/c1-2-3-4-5-6-7-8-9-10-11-12-13-14-15-16-19(21(24)25)17-20(23)18-22;2*1-2(3)4/h19-20,22-23H,2-18H2,1H3,(H,24,25);2*1H3,(H,3,4). The van der Waals surface area contributed by atoms with Gasteiger partial charge in [0.05, 0.1) is 18.6 Å². The summed E-state index contributed by atoms with van der Waals surface area (Å²) in [6, 6.07) is 0. The van der Waals surface area contributed by atoms with Crippen molar-refractivity contribution in [3.05, 3.63) is 0 Å². The number of carboxylic acid groups (broad SMARTS) is 3. The molecule has 2 unspecified atom stereocenters. The molecule has 0 heterocycles. The second-order valence-corrected chi connectivity index (χ2v) is 8.53. The van der Waals surface area contributed by atoms with Crippen molar-refractivity contribution < 1.29 is 39.9 Å². The molecule has 0 saturated heterocycles. The molecule has 198 valence electrons. The van der Waals surface area contributed by atoms with Gasteiger partial charge in [-0.15, -0.1) is 0 Å². The lowest BCUT2D eigenvalue weighted by molar-refractivity contribution is -0.143. The number of aliphatic hydroxyl groups is 2. The quantitative estimate of drug-likeness (QED) is 0.153. The van der Waals surface area contributed by atoms with Crippen LogP contribution in [0, 0.1) is 5.92 Å². The van der Waals surface area contributed by atoms with Crippen molar-refractivity contribution in [1.29, 1.82) is 0 Å². The Bertz CT molecular complexity index is 434. The summed E-state index contributed by atoms with van der Waals surface area (Å²) in [7, 11) is 0. The molecule has 2 atom stereocenters. The molecule has 8 nitrogen and oxygen atoms in total. The van der Waals surface area contributed by atoms with Crippen molar-refractivity contribution >= 4 is 17.9 Å². The second kappa shape index (κ2) is 28.4. The van der Waals surface area contributed by atoms with Gasteiger partial charge in [-0.3, -0.25) is 14.4 Å². The molecule has 0 aliphatic heterocycles. The van der Waals surface area contributed by atoms with Crippen LogP contribution in [0.4, 0.5) is 0 Å². The molecule has 0 aliphatic carbocycles. The van der Waals surface area contributed by atoms with E-state index in [9.17, 15) is 9.90 Å². The summed E-state index contributed by atoms with van der Waals surface area (Å²) >= 11 is 0. The summed E-state index contributed by atoms with van der Waals surface area (Å²) in [5.74, 6) is -3.05. The molecule has 5 N–H and O–H groups in total. The van der Waals surface area contributed by atoms with Crippen LogP contribution < -0.4 is 0 Å². The Labute approximate surface area is 200 Å². The van der Waals surface area contributed by atoms with E-state index >= 15 is 0 Å². The van der Waals surface area contributed by atoms with Crippen LogP contribution in [0.5, 0.6) is 0 Å². The Hall–Kier alpha value is -1.67. The van der Waals surface area contributed by atoms with Crippen LogP contribution in [-0.2, 0) is 14.4 Å². The average molecular weight is 479 g/mol. The van der Waals surface area contributed by atoms with Crippen LogP contribution in [0.15, 0.2) is 0 Å². The SMILES string of the molecule is CC(=O)O.CC(=O)O.CCCCCCCCCCCCCCCCC(CC(O)CO)C(=O)O. The topological polar surface area (TPSA) is 152 Å². The molecule has 0 aromatic heterocycles. The van der Waals surface area contributed by atoms with Crippen molar-refractivity contribution in [2.75, 3.05) is 6.61 Å². The van der Waals surface area contributed by atoms with E-state index in [1.54, 1.807) is 0 Å². The minimum atomic E-state index is -0.909. The highest BCUT2D eigenvalue weighted by Crippen LogP contribution is 2.18. The molecule has 33 heavy (non-hydrogen) atoms. The fourth-order valence-corrected chi connectivity index (χ4v) is 3.33. The fraction of sp³-hybridized carbons (Fsp3) is 0.880. The maximum Gasteiger partial charge on any atom is 0.306 e. The Morgan fingerprint density at radius 3 is 1.21 bits per heavy atom. The Morgan fingerprint density at radius 2 is 0.939 bits per heavy atom. The molecule has 0 amide bonds. The molecule has 0 fully saturated rings. The number of carboxylic acids is 3. The van der Waals surface area contributed by atoms with E-state index in [1.807, 2.05) is 0 Å². The highest BCUT2D eigenvalue weighted by atomic mass is 16.4. The van der Waals surface area contributed by atoms with E-state index in [-0.39, 0.29) is 13.0 Å². The maximum atomic E-state index is 11.1. The maximum absolute atomic E-state index is 11.1. The van der Waals surface area contributed by atoms with Gasteiger partial charge in [0.2, 0.25) is 0 Å². The first kappa shape index (κ1) is 35.9.